The van der Waals surface area contributed by atoms with E-state index in [1.54, 1.807) is 6.07 Å². The molecule has 0 saturated heterocycles. The van der Waals surface area contributed by atoms with Crippen LogP contribution in [0.2, 0.25) is 0 Å². The summed E-state index contributed by atoms with van der Waals surface area (Å²) in [6.45, 7) is 3.83. The van der Waals surface area contributed by atoms with Gasteiger partial charge in [0.15, 0.2) is 0 Å². The second kappa shape index (κ2) is 4.76. The van der Waals surface area contributed by atoms with Gasteiger partial charge < -0.3 is 5.32 Å². The fraction of sp³-hybridized carbons (Fsp3) is 0.538. The van der Waals surface area contributed by atoms with Crippen LogP contribution in [-0.2, 0) is 6.54 Å². The molecule has 0 heterocycles. The van der Waals surface area contributed by atoms with Gasteiger partial charge in [-0.25, -0.2) is 4.39 Å². The highest BCUT2D eigenvalue weighted by molar-refractivity contribution is 8.00. The van der Waals surface area contributed by atoms with Gasteiger partial charge in [0.25, 0.3) is 0 Å². The lowest BCUT2D eigenvalue weighted by atomic mass is 10.1. The Labute approximate surface area is 101 Å². The predicted octanol–water partition coefficient (Wildman–Crippen LogP) is 3.12. The van der Waals surface area contributed by atoms with Crippen LogP contribution in [0.25, 0.3) is 0 Å². The minimum atomic E-state index is -0.145. The van der Waals surface area contributed by atoms with Crippen molar-refractivity contribution in [2.75, 3.05) is 12.8 Å². The van der Waals surface area contributed by atoms with Gasteiger partial charge in [-0.15, -0.1) is 0 Å². The second-order valence-electron chi connectivity index (χ2n) is 4.56. The lowest BCUT2D eigenvalue weighted by molar-refractivity contribution is 0.616. The molecule has 1 aromatic rings. The summed E-state index contributed by atoms with van der Waals surface area (Å²) in [7, 11) is 0. The van der Waals surface area contributed by atoms with E-state index >= 15 is 0 Å². The molecular weight excluding hydrogens is 221 g/mol. The van der Waals surface area contributed by atoms with E-state index in [1.807, 2.05) is 24.8 Å². The summed E-state index contributed by atoms with van der Waals surface area (Å²) >= 11 is 1.94. The van der Waals surface area contributed by atoms with E-state index in [1.165, 1.54) is 18.9 Å². The average Bonchev–Trinajstić information content (AvgIpc) is 3.04. The Kier molecular flexibility index (Phi) is 3.55. The van der Waals surface area contributed by atoms with Crippen molar-refractivity contribution in [3.63, 3.8) is 0 Å². The van der Waals surface area contributed by atoms with Crippen molar-refractivity contribution in [1.29, 1.82) is 0 Å². The van der Waals surface area contributed by atoms with Gasteiger partial charge in [-0.1, -0.05) is 6.07 Å². The van der Waals surface area contributed by atoms with Gasteiger partial charge in [0.2, 0.25) is 0 Å². The zero-order valence-electron chi connectivity index (χ0n) is 9.85. The zero-order chi connectivity index (χ0) is 11.6. The van der Waals surface area contributed by atoms with E-state index in [2.05, 4.69) is 11.6 Å². The molecule has 16 heavy (non-hydrogen) atoms. The summed E-state index contributed by atoms with van der Waals surface area (Å²) in [4.78, 5) is 0. The molecule has 0 bridgehead atoms. The summed E-state index contributed by atoms with van der Waals surface area (Å²) in [5.74, 6) is -0.145. The molecule has 88 valence electrons. The maximum absolute atomic E-state index is 13.1. The molecule has 1 aliphatic rings. The summed E-state index contributed by atoms with van der Waals surface area (Å²) in [6, 6.07) is 4.98. The lowest BCUT2D eigenvalue weighted by Crippen LogP contribution is -2.25. The number of benzene rings is 1. The number of hydrogen-bond donors (Lipinski definition) is 1. The summed E-state index contributed by atoms with van der Waals surface area (Å²) in [5, 5.41) is 3.44. The smallest absolute Gasteiger partial charge is 0.123 e. The van der Waals surface area contributed by atoms with Crippen LogP contribution in [-0.4, -0.2) is 17.5 Å². The molecular formula is C13H18FNS. The largest absolute Gasteiger partial charge is 0.311 e. The van der Waals surface area contributed by atoms with Gasteiger partial charge in [-0.2, -0.15) is 11.8 Å². The molecule has 0 spiro atoms. The maximum Gasteiger partial charge on any atom is 0.123 e. The highest BCUT2D eigenvalue weighted by Gasteiger charge is 2.41. The van der Waals surface area contributed by atoms with Crippen LogP contribution in [0.5, 0.6) is 0 Å². The van der Waals surface area contributed by atoms with Crippen LogP contribution in [0, 0.1) is 12.7 Å². The number of halogens is 1. The monoisotopic (exact) mass is 239 g/mol. The van der Waals surface area contributed by atoms with E-state index in [0.29, 0.717) is 4.75 Å². The SMILES string of the molecule is CSC1(CNCc2cc(F)ccc2C)CC1. The van der Waals surface area contributed by atoms with Gasteiger partial charge in [0.1, 0.15) is 5.82 Å². The van der Waals surface area contributed by atoms with E-state index in [0.717, 1.165) is 24.2 Å². The van der Waals surface area contributed by atoms with E-state index < -0.39 is 0 Å². The number of nitrogens with one attached hydrogen (secondary N) is 1. The third kappa shape index (κ3) is 2.77. The van der Waals surface area contributed by atoms with Crippen LogP contribution in [0.15, 0.2) is 18.2 Å². The van der Waals surface area contributed by atoms with Gasteiger partial charge in [-0.05, 0) is 49.3 Å². The number of rotatable bonds is 5. The maximum atomic E-state index is 13.1. The summed E-state index contributed by atoms with van der Waals surface area (Å²) in [6.07, 6.45) is 4.79. The number of hydrogen-bond acceptors (Lipinski definition) is 2. The Morgan fingerprint density at radius 2 is 2.19 bits per heavy atom. The van der Waals surface area contributed by atoms with Gasteiger partial charge in [0.05, 0.1) is 0 Å². The standard InChI is InChI=1S/C13H18FNS/c1-10-3-4-12(14)7-11(10)8-15-9-13(16-2)5-6-13/h3-4,7,15H,5-6,8-9H2,1-2H3. The molecule has 0 radical (unpaired) electrons. The molecule has 3 heteroatoms. The molecule has 1 N–H and O–H groups in total. The van der Waals surface area contributed by atoms with E-state index in [9.17, 15) is 4.39 Å². The molecule has 0 aliphatic heterocycles. The van der Waals surface area contributed by atoms with Crippen molar-refractivity contribution in [3.05, 3.63) is 35.1 Å². The van der Waals surface area contributed by atoms with Gasteiger partial charge >= 0.3 is 0 Å². The Hall–Kier alpha value is -0.540. The first-order chi connectivity index (χ1) is 7.65. The van der Waals surface area contributed by atoms with Gasteiger partial charge in [0, 0.05) is 17.8 Å². The van der Waals surface area contributed by atoms with Crippen molar-refractivity contribution < 1.29 is 4.39 Å². The Balaban J connectivity index is 1.87. The fourth-order valence-corrected chi connectivity index (χ4v) is 2.60. The van der Waals surface area contributed by atoms with Crippen LogP contribution < -0.4 is 5.32 Å². The molecule has 1 saturated carbocycles. The minimum Gasteiger partial charge on any atom is -0.311 e. The topological polar surface area (TPSA) is 12.0 Å². The number of aryl methyl sites for hydroxylation is 1. The molecule has 1 aromatic carbocycles. The first-order valence-electron chi connectivity index (χ1n) is 5.66. The first-order valence-corrected chi connectivity index (χ1v) is 6.89. The zero-order valence-corrected chi connectivity index (χ0v) is 10.7. The number of thioether (sulfide) groups is 1. The highest BCUT2D eigenvalue weighted by atomic mass is 32.2. The molecule has 0 atom stereocenters. The second-order valence-corrected chi connectivity index (χ2v) is 5.84. The lowest BCUT2D eigenvalue weighted by Gasteiger charge is -2.14. The van der Waals surface area contributed by atoms with Crippen molar-refractivity contribution in [1.82, 2.24) is 5.32 Å². The van der Waals surface area contributed by atoms with E-state index in [4.69, 9.17) is 0 Å². The molecule has 0 amide bonds. The fourth-order valence-electron chi connectivity index (χ4n) is 1.85. The normalized spacial score (nSPS) is 17.4. The molecule has 0 aromatic heterocycles. The molecule has 1 aliphatic carbocycles. The Morgan fingerprint density at radius 1 is 1.44 bits per heavy atom. The third-order valence-electron chi connectivity index (χ3n) is 3.31. The summed E-state index contributed by atoms with van der Waals surface area (Å²) in [5.41, 5.74) is 2.22. The Bertz CT molecular complexity index is 374. The summed E-state index contributed by atoms with van der Waals surface area (Å²) < 4.78 is 13.5. The molecule has 0 unspecified atom stereocenters. The third-order valence-corrected chi connectivity index (χ3v) is 4.73. The van der Waals surface area contributed by atoms with Crippen LogP contribution in [0.1, 0.15) is 24.0 Å². The average molecular weight is 239 g/mol. The van der Waals surface area contributed by atoms with Crippen LogP contribution in [0.4, 0.5) is 4.39 Å². The van der Waals surface area contributed by atoms with Crippen LogP contribution in [0.3, 0.4) is 0 Å². The minimum absolute atomic E-state index is 0.145. The first kappa shape index (κ1) is 11.9. The van der Waals surface area contributed by atoms with Crippen molar-refractivity contribution in [3.8, 4) is 0 Å². The highest BCUT2D eigenvalue weighted by Crippen LogP contribution is 2.46. The Morgan fingerprint density at radius 3 is 2.81 bits per heavy atom. The molecule has 1 nitrogen and oxygen atoms in total. The quantitative estimate of drug-likeness (QED) is 0.847. The molecule has 2 rings (SSSR count). The van der Waals surface area contributed by atoms with E-state index in [-0.39, 0.29) is 5.82 Å². The van der Waals surface area contributed by atoms with Crippen molar-refractivity contribution in [2.24, 2.45) is 0 Å². The van der Waals surface area contributed by atoms with Crippen molar-refractivity contribution >= 4 is 11.8 Å². The molecule has 1 fully saturated rings. The van der Waals surface area contributed by atoms with Gasteiger partial charge in [-0.3, -0.25) is 0 Å². The van der Waals surface area contributed by atoms with Crippen LogP contribution >= 0.6 is 11.8 Å². The van der Waals surface area contributed by atoms with Crippen molar-refractivity contribution in [2.45, 2.75) is 31.1 Å². The predicted molar refractivity (Wildman–Crippen MR) is 68.3 cm³/mol.